The number of hydrogen-bond donors (Lipinski definition) is 1. The van der Waals surface area contributed by atoms with E-state index < -0.39 is 5.41 Å². The van der Waals surface area contributed by atoms with Crippen molar-refractivity contribution in [2.45, 2.75) is 47.1 Å². The zero-order valence-corrected chi connectivity index (χ0v) is 9.72. The van der Waals surface area contributed by atoms with Crippen LogP contribution in [0, 0.1) is 22.7 Å². The van der Waals surface area contributed by atoms with Crippen LogP contribution in [0.1, 0.15) is 41.0 Å². The van der Waals surface area contributed by atoms with Crippen molar-refractivity contribution in [3.05, 3.63) is 0 Å². The third-order valence-electron chi connectivity index (χ3n) is 2.70. The molecule has 0 fully saturated rings. The average molecular weight is 196 g/mol. The van der Waals surface area contributed by atoms with E-state index in [0.717, 1.165) is 6.42 Å². The first-order valence-corrected chi connectivity index (χ1v) is 5.07. The fourth-order valence-corrected chi connectivity index (χ4v) is 0.934. The average Bonchev–Trinajstić information content (AvgIpc) is 2.16. The molecule has 0 aliphatic carbocycles. The summed E-state index contributed by atoms with van der Waals surface area (Å²) >= 11 is 0. The van der Waals surface area contributed by atoms with Crippen molar-refractivity contribution in [1.29, 1.82) is 5.26 Å². The van der Waals surface area contributed by atoms with Gasteiger partial charge in [-0.3, -0.25) is 4.79 Å². The van der Waals surface area contributed by atoms with Gasteiger partial charge >= 0.3 is 0 Å². The third-order valence-corrected chi connectivity index (χ3v) is 2.70. The third kappa shape index (κ3) is 3.37. The molecule has 0 saturated heterocycles. The molecule has 0 aromatic carbocycles. The molecule has 0 radical (unpaired) electrons. The predicted octanol–water partition coefficient (Wildman–Crippen LogP) is 2.09. The molecule has 0 spiro atoms. The number of rotatable bonds is 4. The van der Waals surface area contributed by atoms with Gasteiger partial charge < -0.3 is 5.32 Å². The van der Waals surface area contributed by atoms with Crippen LogP contribution in [-0.4, -0.2) is 11.9 Å². The van der Waals surface area contributed by atoms with Gasteiger partial charge in [0.2, 0.25) is 5.91 Å². The Morgan fingerprint density at radius 3 is 2.36 bits per heavy atom. The minimum absolute atomic E-state index is 0.125. The first kappa shape index (κ1) is 13.0. The summed E-state index contributed by atoms with van der Waals surface area (Å²) in [4.78, 5) is 11.6. The van der Waals surface area contributed by atoms with Crippen LogP contribution in [0.2, 0.25) is 0 Å². The summed E-state index contributed by atoms with van der Waals surface area (Å²) < 4.78 is 0. The van der Waals surface area contributed by atoms with Crippen molar-refractivity contribution in [2.24, 2.45) is 11.3 Å². The van der Waals surface area contributed by atoms with Gasteiger partial charge in [0.15, 0.2) is 0 Å². The Morgan fingerprint density at radius 1 is 1.50 bits per heavy atom. The normalized spacial score (nSPS) is 15.4. The Labute approximate surface area is 86.5 Å². The lowest BCUT2D eigenvalue weighted by molar-refractivity contribution is -0.127. The lowest BCUT2D eigenvalue weighted by Crippen LogP contribution is -2.43. The largest absolute Gasteiger partial charge is 0.352 e. The SMILES string of the molecule is CCC(C)C(C)NC(=O)C(C)(C)C#N. The Balaban J connectivity index is 4.28. The highest BCUT2D eigenvalue weighted by molar-refractivity contribution is 5.84. The van der Waals surface area contributed by atoms with Crippen LogP contribution in [0.4, 0.5) is 0 Å². The molecule has 0 rings (SSSR count). The van der Waals surface area contributed by atoms with Gasteiger partial charge in [0, 0.05) is 6.04 Å². The van der Waals surface area contributed by atoms with Crippen LogP contribution in [0.3, 0.4) is 0 Å². The quantitative estimate of drug-likeness (QED) is 0.748. The van der Waals surface area contributed by atoms with Gasteiger partial charge in [-0.2, -0.15) is 5.26 Å². The molecule has 0 heterocycles. The van der Waals surface area contributed by atoms with Gasteiger partial charge in [-0.15, -0.1) is 0 Å². The highest BCUT2D eigenvalue weighted by Gasteiger charge is 2.28. The highest BCUT2D eigenvalue weighted by atomic mass is 16.2. The summed E-state index contributed by atoms with van der Waals surface area (Å²) in [6.07, 6.45) is 1.02. The van der Waals surface area contributed by atoms with Crippen molar-refractivity contribution < 1.29 is 4.79 Å². The molecule has 3 nitrogen and oxygen atoms in total. The van der Waals surface area contributed by atoms with E-state index in [1.165, 1.54) is 0 Å². The fraction of sp³-hybridized carbons (Fsp3) is 0.818. The molecule has 0 saturated carbocycles. The second kappa shape index (κ2) is 4.99. The number of hydrogen-bond acceptors (Lipinski definition) is 2. The second-order valence-corrected chi connectivity index (χ2v) is 4.38. The number of carbonyl (C=O) groups excluding carboxylic acids is 1. The van der Waals surface area contributed by atoms with Crippen LogP contribution in [-0.2, 0) is 4.79 Å². The summed E-state index contributed by atoms with van der Waals surface area (Å²) in [5, 5.41) is 11.6. The highest BCUT2D eigenvalue weighted by Crippen LogP contribution is 2.15. The molecule has 0 aliphatic rings. The van der Waals surface area contributed by atoms with E-state index in [-0.39, 0.29) is 11.9 Å². The molecular formula is C11H20N2O. The van der Waals surface area contributed by atoms with Gasteiger partial charge in [0.05, 0.1) is 6.07 Å². The Hall–Kier alpha value is -1.04. The van der Waals surface area contributed by atoms with Gasteiger partial charge in [0.1, 0.15) is 5.41 Å². The van der Waals surface area contributed by atoms with E-state index >= 15 is 0 Å². The Bertz CT molecular complexity index is 240. The standard InChI is InChI=1S/C11H20N2O/c1-6-8(2)9(3)13-10(14)11(4,5)7-12/h8-9H,6H2,1-5H3,(H,13,14). The first-order valence-electron chi connectivity index (χ1n) is 5.07. The molecule has 2 unspecified atom stereocenters. The van der Waals surface area contributed by atoms with Crippen molar-refractivity contribution >= 4 is 5.91 Å². The van der Waals surface area contributed by atoms with Gasteiger partial charge in [0.25, 0.3) is 0 Å². The smallest absolute Gasteiger partial charge is 0.240 e. The summed E-state index contributed by atoms with van der Waals surface area (Å²) in [6, 6.07) is 2.12. The number of nitrogens with one attached hydrogen (secondary N) is 1. The Kier molecular flexibility index (Phi) is 4.62. The summed E-state index contributed by atoms with van der Waals surface area (Å²) in [6.45, 7) is 9.41. The molecule has 3 heteroatoms. The minimum atomic E-state index is -0.929. The Morgan fingerprint density at radius 2 is 2.00 bits per heavy atom. The van der Waals surface area contributed by atoms with E-state index in [1.54, 1.807) is 13.8 Å². The van der Waals surface area contributed by atoms with Crippen LogP contribution < -0.4 is 5.32 Å². The van der Waals surface area contributed by atoms with Gasteiger partial charge in [-0.05, 0) is 26.7 Å². The van der Waals surface area contributed by atoms with Crippen molar-refractivity contribution in [3.63, 3.8) is 0 Å². The molecule has 1 N–H and O–H groups in total. The summed E-state index contributed by atoms with van der Waals surface area (Å²) in [5.74, 6) is 0.251. The lowest BCUT2D eigenvalue weighted by Gasteiger charge is -2.23. The molecule has 1 amide bonds. The lowest BCUT2D eigenvalue weighted by atomic mass is 9.93. The predicted molar refractivity (Wildman–Crippen MR) is 56.5 cm³/mol. The molecular weight excluding hydrogens is 176 g/mol. The minimum Gasteiger partial charge on any atom is -0.352 e. The van der Waals surface area contributed by atoms with E-state index in [1.807, 2.05) is 13.0 Å². The number of carbonyl (C=O) groups is 1. The molecule has 0 aromatic heterocycles. The molecule has 0 bridgehead atoms. The second-order valence-electron chi connectivity index (χ2n) is 4.38. The fourth-order valence-electron chi connectivity index (χ4n) is 0.934. The zero-order valence-electron chi connectivity index (χ0n) is 9.72. The molecule has 14 heavy (non-hydrogen) atoms. The molecule has 80 valence electrons. The van der Waals surface area contributed by atoms with Crippen molar-refractivity contribution in [2.75, 3.05) is 0 Å². The zero-order chi connectivity index (χ0) is 11.4. The van der Waals surface area contributed by atoms with E-state index in [9.17, 15) is 4.79 Å². The van der Waals surface area contributed by atoms with Crippen LogP contribution in [0.25, 0.3) is 0 Å². The maximum absolute atomic E-state index is 11.6. The van der Waals surface area contributed by atoms with Crippen molar-refractivity contribution in [3.8, 4) is 6.07 Å². The number of amides is 1. The monoisotopic (exact) mass is 196 g/mol. The summed E-state index contributed by atoms with van der Waals surface area (Å²) in [5.41, 5.74) is -0.929. The summed E-state index contributed by atoms with van der Waals surface area (Å²) in [7, 11) is 0. The van der Waals surface area contributed by atoms with E-state index in [0.29, 0.717) is 5.92 Å². The maximum Gasteiger partial charge on any atom is 0.240 e. The van der Waals surface area contributed by atoms with E-state index in [4.69, 9.17) is 5.26 Å². The maximum atomic E-state index is 11.6. The number of nitrogens with zero attached hydrogens (tertiary/aromatic N) is 1. The molecule has 0 aliphatic heterocycles. The van der Waals surface area contributed by atoms with Gasteiger partial charge in [-0.25, -0.2) is 0 Å². The van der Waals surface area contributed by atoms with E-state index in [2.05, 4.69) is 19.2 Å². The van der Waals surface area contributed by atoms with Crippen LogP contribution >= 0.6 is 0 Å². The first-order chi connectivity index (χ1) is 6.35. The van der Waals surface area contributed by atoms with Crippen molar-refractivity contribution in [1.82, 2.24) is 5.32 Å². The van der Waals surface area contributed by atoms with Crippen LogP contribution in [0.15, 0.2) is 0 Å². The topological polar surface area (TPSA) is 52.9 Å². The molecule has 2 atom stereocenters. The number of nitriles is 1. The van der Waals surface area contributed by atoms with Crippen LogP contribution in [0.5, 0.6) is 0 Å². The molecule has 0 aromatic rings. The van der Waals surface area contributed by atoms with Gasteiger partial charge in [-0.1, -0.05) is 20.3 Å².